The molecule has 1 saturated carbocycles. The molecule has 2 aliphatic rings. The van der Waals surface area contributed by atoms with Crippen LogP contribution in [0.1, 0.15) is 43.1 Å². The van der Waals surface area contributed by atoms with Crippen molar-refractivity contribution in [1.29, 1.82) is 0 Å². The van der Waals surface area contributed by atoms with Crippen molar-refractivity contribution in [3.05, 3.63) is 29.8 Å². The molecule has 9 heteroatoms. The number of aromatic nitrogens is 3. The van der Waals surface area contributed by atoms with Crippen LogP contribution in [0.4, 0.5) is 18.3 Å². The summed E-state index contributed by atoms with van der Waals surface area (Å²) < 4.78 is 48.1. The Bertz CT molecular complexity index is 754. The van der Waals surface area contributed by atoms with Crippen molar-refractivity contribution < 1.29 is 17.9 Å². The minimum Gasteiger partial charge on any atom is -0.493 e. The van der Waals surface area contributed by atoms with E-state index in [2.05, 4.69) is 19.2 Å². The molecule has 2 aromatic rings. The average Bonchev–Trinajstić information content (AvgIpc) is 3.37. The number of hydrogen-bond acceptors (Lipinski definition) is 6. The highest BCUT2D eigenvalue weighted by Crippen LogP contribution is 2.40. The molecule has 2 aromatic heterocycles. The molecule has 2 fully saturated rings. The van der Waals surface area contributed by atoms with E-state index in [9.17, 15) is 13.2 Å². The summed E-state index contributed by atoms with van der Waals surface area (Å²) in [4.78, 5) is 10.2. The zero-order valence-corrected chi connectivity index (χ0v) is 14.9. The molecule has 5 nitrogen and oxygen atoms in total. The average molecular weight is 384 g/mol. The predicted octanol–water partition coefficient (Wildman–Crippen LogP) is 4.12. The van der Waals surface area contributed by atoms with Crippen LogP contribution >= 0.6 is 11.5 Å². The number of pyridine rings is 1. The molecule has 140 valence electrons. The second-order valence-electron chi connectivity index (χ2n) is 6.83. The Balaban J connectivity index is 1.27. The van der Waals surface area contributed by atoms with Gasteiger partial charge in [-0.3, -0.25) is 4.98 Å². The second kappa shape index (κ2) is 7.02. The highest BCUT2D eigenvalue weighted by Gasteiger charge is 2.33. The van der Waals surface area contributed by atoms with Gasteiger partial charge in [0.25, 0.3) is 0 Å². The van der Waals surface area contributed by atoms with E-state index in [1.807, 2.05) is 0 Å². The van der Waals surface area contributed by atoms with E-state index in [1.54, 1.807) is 0 Å². The SMILES string of the molecule is FC(F)(F)c1cc(OCC2CCN(c3nc(C4CC4)ns3)CC2)ccn1. The lowest BCUT2D eigenvalue weighted by Gasteiger charge is -2.31. The highest BCUT2D eigenvalue weighted by molar-refractivity contribution is 7.09. The van der Waals surface area contributed by atoms with Crippen molar-refractivity contribution in [2.24, 2.45) is 5.92 Å². The minimum atomic E-state index is -4.45. The van der Waals surface area contributed by atoms with Gasteiger partial charge in [-0.25, -0.2) is 4.98 Å². The summed E-state index contributed by atoms with van der Waals surface area (Å²) in [6.07, 6.45) is 0.922. The largest absolute Gasteiger partial charge is 0.493 e. The van der Waals surface area contributed by atoms with Crippen molar-refractivity contribution in [3.63, 3.8) is 0 Å². The van der Waals surface area contributed by atoms with E-state index in [0.29, 0.717) is 18.4 Å². The molecule has 0 spiro atoms. The van der Waals surface area contributed by atoms with Crippen LogP contribution in [-0.4, -0.2) is 34.0 Å². The normalized spacial score (nSPS) is 19.0. The Labute approximate surface area is 153 Å². The van der Waals surface area contributed by atoms with Gasteiger partial charge in [0.2, 0.25) is 5.13 Å². The first-order chi connectivity index (χ1) is 12.5. The Morgan fingerprint density at radius 3 is 2.65 bits per heavy atom. The Morgan fingerprint density at radius 1 is 1.19 bits per heavy atom. The van der Waals surface area contributed by atoms with Gasteiger partial charge in [0.05, 0.1) is 6.61 Å². The predicted molar refractivity (Wildman–Crippen MR) is 91.6 cm³/mol. The molecular weight excluding hydrogens is 365 g/mol. The fourth-order valence-electron chi connectivity index (χ4n) is 3.02. The molecule has 0 radical (unpaired) electrons. The van der Waals surface area contributed by atoms with Gasteiger partial charge in [0.1, 0.15) is 17.3 Å². The summed E-state index contributed by atoms with van der Waals surface area (Å²) >= 11 is 1.46. The molecule has 3 heterocycles. The van der Waals surface area contributed by atoms with Gasteiger partial charge in [-0.05, 0) is 37.7 Å². The second-order valence-corrected chi connectivity index (χ2v) is 7.56. The van der Waals surface area contributed by atoms with Gasteiger partial charge in [0.15, 0.2) is 0 Å². The van der Waals surface area contributed by atoms with Gasteiger partial charge >= 0.3 is 6.18 Å². The molecule has 0 amide bonds. The van der Waals surface area contributed by atoms with E-state index in [1.165, 1.54) is 30.4 Å². The summed E-state index contributed by atoms with van der Waals surface area (Å²) in [6, 6.07) is 2.42. The van der Waals surface area contributed by atoms with Crippen molar-refractivity contribution in [2.45, 2.75) is 37.8 Å². The van der Waals surface area contributed by atoms with Crippen molar-refractivity contribution in [3.8, 4) is 5.75 Å². The smallest absolute Gasteiger partial charge is 0.433 e. The molecular formula is C17H19F3N4OS. The monoisotopic (exact) mass is 384 g/mol. The van der Waals surface area contributed by atoms with Crippen LogP contribution in [0, 0.1) is 5.92 Å². The van der Waals surface area contributed by atoms with Gasteiger partial charge < -0.3 is 9.64 Å². The van der Waals surface area contributed by atoms with Crippen LogP contribution in [-0.2, 0) is 6.18 Å². The van der Waals surface area contributed by atoms with Gasteiger partial charge in [-0.1, -0.05) is 0 Å². The van der Waals surface area contributed by atoms with Crippen LogP contribution in [0.2, 0.25) is 0 Å². The first-order valence-corrected chi connectivity index (χ1v) is 9.51. The van der Waals surface area contributed by atoms with E-state index in [4.69, 9.17) is 4.74 Å². The maximum absolute atomic E-state index is 12.7. The van der Waals surface area contributed by atoms with Gasteiger partial charge in [-0.15, -0.1) is 0 Å². The topological polar surface area (TPSA) is 51.1 Å². The molecule has 0 bridgehead atoms. The van der Waals surface area contributed by atoms with Crippen LogP contribution in [0.3, 0.4) is 0 Å². The third-order valence-electron chi connectivity index (χ3n) is 4.77. The first-order valence-electron chi connectivity index (χ1n) is 8.73. The molecule has 0 N–H and O–H groups in total. The number of piperidine rings is 1. The Morgan fingerprint density at radius 2 is 1.96 bits per heavy atom. The zero-order chi connectivity index (χ0) is 18.1. The van der Waals surface area contributed by atoms with Crippen molar-refractivity contribution >= 4 is 16.7 Å². The van der Waals surface area contributed by atoms with Crippen molar-refractivity contribution in [1.82, 2.24) is 14.3 Å². The Hall–Kier alpha value is -1.90. The summed E-state index contributed by atoms with van der Waals surface area (Å²) in [5, 5.41) is 0.982. The fourth-order valence-corrected chi connectivity index (χ4v) is 3.82. The number of anilines is 1. The number of ether oxygens (including phenoxy) is 1. The lowest BCUT2D eigenvalue weighted by atomic mass is 9.98. The molecule has 26 heavy (non-hydrogen) atoms. The van der Waals surface area contributed by atoms with E-state index in [-0.39, 0.29) is 5.75 Å². The molecule has 1 saturated heterocycles. The standard InChI is InChI=1S/C17H19F3N4OS/c18-17(19,20)14-9-13(3-6-21-14)25-10-11-4-7-24(8-5-11)16-22-15(23-26-16)12-1-2-12/h3,6,9,11-12H,1-2,4-5,7-8,10H2. The third kappa shape index (κ3) is 4.08. The van der Waals surface area contributed by atoms with E-state index >= 15 is 0 Å². The number of rotatable bonds is 5. The van der Waals surface area contributed by atoms with Crippen LogP contribution < -0.4 is 9.64 Å². The van der Waals surface area contributed by atoms with E-state index < -0.39 is 11.9 Å². The molecule has 0 unspecified atom stereocenters. The van der Waals surface area contributed by atoms with Crippen LogP contribution in [0.15, 0.2) is 18.3 Å². The zero-order valence-electron chi connectivity index (χ0n) is 14.1. The lowest BCUT2D eigenvalue weighted by Crippen LogP contribution is -2.35. The number of hydrogen-bond donors (Lipinski definition) is 0. The maximum atomic E-state index is 12.7. The van der Waals surface area contributed by atoms with E-state index in [0.717, 1.165) is 49.2 Å². The number of halogens is 3. The summed E-state index contributed by atoms with van der Waals surface area (Å²) in [6.45, 7) is 2.16. The molecule has 1 aliphatic carbocycles. The molecule has 4 rings (SSSR count). The lowest BCUT2D eigenvalue weighted by molar-refractivity contribution is -0.141. The van der Waals surface area contributed by atoms with Crippen LogP contribution in [0.5, 0.6) is 5.75 Å². The fraction of sp³-hybridized carbons (Fsp3) is 0.588. The number of alkyl halides is 3. The van der Waals surface area contributed by atoms with Crippen molar-refractivity contribution in [2.75, 3.05) is 24.6 Å². The quantitative estimate of drug-likeness (QED) is 0.776. The summed E-state index contributed by atoms with van der Waals surface area (Å²) in [5.74, 6) is 2.08. The summed E-state index contributed by atoms with van der Waals surface area (Å²) in [5.41, 5.74) is -0.924. The molecule has 0 atom stereocenters. The Kier molecular flexibility index (Phi) is 4.73. The minimum absolute atomic E-state index is 0.216. The molecule has 1 aliphatic heterocycles. The summed E-state index contributed by atoms with van der Waals surface area (Å²) in [7, 11) is 0. The maximum Gasteiger partial charge on any atom is 0.433 e. The number of nitrogens with zero attached hydrogens (tertiary/aromatic N) is 4. The van der Waals surface area contributed by atoms with Crippen LogP contribution in [0.25, 0.3) is 0 Å². The highest BCUT2D eigenvalue weighted by atomic mass is 32.1. The molecule has 0 aromatic carbocycles. The van der Waals surface area contributed by atoms with Gasteiger partial charge in [0, 0.05) is 42.8 Å². The third-order valence-corrected chi connectivity index (χ3v) is 5.56. The van der Waals surface area contributed by atoms with Gasteiger partial charge in [-0.2, -0.15) is 17.5 Å². The first kappa shape index (κ1) is 17.5.